The number of carbonyl (C=O) groups is 14. The first kappa shape index (κ1) is 99.3. The van der Waals surface area contributed by atoms with Gasteiger partial charge < -0.3 is 63.9 Å². The highest BCUT2D eigenvalue weighted by atomic mass is 16.6. The molecule has 1 aliphatic carbocycles. The number of fused-ring (bicyclic) bond motifs is 3. The van der Waals surface area contributed by atoms with Crippen molar-refractivity contribution in [3.8, 4) is 11.1 Å². The predicted octanol–water partition coefficient (Wildman–Crippen LogP) is 9.82. The molecule has 0 fully saturated rings. The van der Waals surface area contributed by atoms with Gasteiger partial charge in [0.2, 0.25) is 47.3 Å². The van der Waals surface area contributed by atoms with Gasteiger partial charge in [0.25, 0.3) is 0 Å². The van der Waals surface area contributed by atoms with Crippen molar-refractivity contribution in [2.75, 3.05) is 82.8 Å². The molecule has 27 heteroatoms. The van der Waals surface area contributed by atoms with E-state index in [9.17, 15) is 52.7 Å². The van der Waals surface area contributed by atoms with Gasteiger partial charge in [-0.25, -0.2) is 9.59 Å². The second kappa shape index (κ2) is 46.6. The molecule has 0 saturated carbocycles. The smallest absolute Gasteiger partial charge is 0.410 e. The van der Waals surface area contributed by atoms with Crippen molar-refractivity contribution in [3.05, 3.63) is 71.8 Å². The van der Waals surface area contributed by atoms with Crippen LogP contribution < -0.4 is 10.6 Å². The molecule has 3 rings (SSSR count). The molecule has 0 saturated heterocycles. The van der Waals surface area contributed by atoms with Crippen molar-refractivity contribution in [2.24, 2.45) is 59.2 Å². The van der Waals surface area contributed by atoms with Gasteiger partial charge in [0.15, 0.2) is 11.6 Å². The van der Waals surface area contributed by atoms with Crippen molar-refractivity contribution in [2.45, 2.75) is 243 Å². The van der Waals surface area contributed by atoms with E-state index in [1.54, 1.807) is 89.3 Å². The fourth-order valence-corrected chi connectivity index (χ4v) is 14.7. The van der Waals surface area contributed by atoms with Crippen LogP contribution in [0.5, 0.6) is 0 Å². The number of ketones is 3. The summed E-state index contributed by atoms with van der Waals surface area (Å²) in [6.07, 6.45) is 1.51. The lowest BCUT2D eigenvalue weighted by molar-refractivity contribution is -0.164. The van der Waals surface area contributed by atoms with Crippen LogP contribution in [0, 0.1) is 59.2 Å². The summed E-state index contributed by atoms with van der Waals surface area (Å²) in [4.78, 5) is 209. The third-order valence-corrected chi connectivity index (χ3v) is 22.1. The van der Waals surface area contributed by atoms with Crippen LogP contribution in [0.3, 0.4) is 0 Å². The molecule has 9 amide bonds. The van der Waals surface area contributed by atoms with Crippen LogP contribution in [0.1, 0.15) is 200 Å². The van der Waals surface area contributed by atoms with Crippen LogP contribution in [0.25, 0.3) is 11.1 Å². The number of esters is 2. The average Bonchev–Trinajstić information content (AvgIpc) is 1.61. The topological polar surface area (TPSA) is 323 Å². The van der Waals surface area contributed by atoms with Crippen molar-refractivity contribution in [3.63, 3.8) is 0 Å². The number of ether oxygens (including phenoxy) is 4. The van der Waals surface area contributed by atoms with E-state index >= 15 is 14.4 Å². The van der Waals surface area contributed by atoms with Crippen LogP contribution in [0.15, 0.2) is 60.7 Å². The fraction of sp³-hybridized carbons (Fsp3) is 0.678. The SMILES string of the molecule is C/C=C/C[C@@H](C)[C@@H](OC(C)=O)[C@@H](C(=O)N[C@@H](CC)C(=O)OCCN(C)C(C)=O)N(C)C(=O)[C@H](C(C)C)N(C)C(=O)[C@H](CC(C)C)N(C)C(=O)[C@H](CC(C)C)N(C)C(=O)[C@@H](C)CC(=O)[C@H](C)CC(=O)[C@H](CC(C)C)N(C)C(=O)[C@@H](NC(=O)[C@@H](CC(=O)[C@@H](C)N(C)C(=O)OCC1c2ccccc2-c2ccccc21)[C@@H](C)COC)C(C)C. The Balaban J connectivity index is 1.87. The van der Waals surface area contributed by atoms with Gasteiger partial charge >= 0.3 is 18.0 Å². The lowest BCUT2D eigenvalue weighted by Crippen LogP contribution is -2.63. The number of likely N-dealkylation sites (N-methyl/N-ethyl adjacent to an activating group) is 7. The third-order valence-electron chi connectivity index (χ3n) is 22.1. The van der Waals surface area contributed by atoms with Crippen LogP contribution in [0.4, 0.5) is 4.79 Å². The summed E-state index contributed by atoms with van der Waals surface area (Å²) in [7, 11) is 11.7. The molecule has 2 aromatic carbocycles. The Kier molecular flexibility index (Phi) is 40.6. The van der Waals surface area contributed by atoms with Gasteiger partial charge in [-0.2, -0.15) is 0 Å². The minimum atomic E-state index is -1.57. The molecular formula is C87H137N9O18. The number of amides is 9. The van der Waals surface area contributed by atoms with Gasteiger partial charge in [0.1, 0.15) is 61.4 Å². The van der Waals surface area contributed by atoms with Crippen LogP contribution in [0.2, 0.25) is 0 Å². The van der Waals surface area contributed by atoms with Gasteiger partial charge in [0, 0.05) is 120 Å². The number of nitrogens with one attached hydrogen (secondary N) is 2. The Morgan fingerprint density at radius 2 is 1.00 bits per heavy atom. The summed E-state index contributed by atoms with van der Waals surface area (Å²) >= 11 is 0. The summed E-state index contributed by atoms with van der Waals surface area (Å²) in [6.45, 7) is 32.4. The molecule has 14 atom stereocenters. The Bertz CT molecular complexity index is 3600. The van der Waals surface area contributed by atoms with Gasteiger partial charge in [0.05, 0.1) is 18.6 Å². The monoisotopic (exact) mass is 1600 g/mol. The lowest BCUT2D eigenvalue weighted by atomic mass is 9.86. The van der Waals surface area contributed by atoms with Crippen molar-refractivity contribution >= 4 is 82.6 Å². The summed E-state index contributed by atoms with van der Waals surface area (Å²) in [5.74, 6) is -13.5. The first-order chi connectivity index (χ1) is 53.2. The van der Waals surface area contributed by atoms with E-state index in [-0.39, 0.29) is 101 Å². The maximum Gasteiger partial charge on any atom is 0.410 e. The molecule has 0 bridgehead atoms. The Hall–Kier alpha value is -8.88. The molecule has 0 aliphatic heterocycles. The van der Waals surface area contributed by atoms with Gasteiger partial charge in [-0.15, -0.1) is 0 Å². The first-order valence-corrected chi connectivity index (χ1v) is 40.5. The maximum absolute atomic E-state index is 15.4. The van der Waals surface area contributed by atoms with Crippen LogP contribution in [-0.4, -0.2) is 254 Å². The lowest BCUT2D eigenvalue weighted by Gasteiger charge is -2.42. The normalized spacial score (nSPS) is 15.8. The average molecular weight is 1600 g/mol. The summed E-state index contributed by atoms with van der Waals surface area (Å²) in [5.41, 5.74) is 4.19. The fourth-order valence-electron chi connectivity index (χ4n) is 14.7. The van der Waals surface area contributed by atoms with E-state index in [2.05, 4.69) is 10.6 Å². The van der Waals surface area contributed by atoms with Crippen molar-refractivity contribution < 1.29 is 86.1 Å². The number of rotatable bonds is 47. The highest BCUT2D eigenvalue weighted by molar-refractivity contribution is 5.99. The number of carbonyl (C=O) groups excluding carboxylic acids is 14. The minimum absolute atomic E-state index is 0.0390. The standard InChI is InChI=1S/C87H137N9O18/c1-28-30-35-55(13)78(114-61(19)98)77(80(103)88-68(29-2)86(109)112-41-40-90(20)60(18)97)96(26)85(108)76(54(11)12)95(25)83(106)71(44-52(7)8)94(24)82(105)70(43-51(5)6)93(23)81(104)57(15)46-72(99)56(14)45-74(101)69(42-50(3)4)92(22)84(107)75(53(9)10)89-79(102)66(58(16)48-111-27)47-73(100)59(17)91(21)87(110)113-49-67-64-38-33-31-36-62(64)63-37-32-34-39-65(63)67/h28,30-34,36-39,50-59,66-71,75-78H,29,35,40-49H2,1-27H3,(H,88,103)(H,89,102)/b30-28+/t55-,56-,57+,58+,59-,66+,68+,69+,70+,71+,75+,76+,77+,78-/m1/s1. The van der Waals surface area contributed by atoms with E-state index < -0.39 is 173 Å². The first-order valence-electron chi connectivity index (χ1n) is 40.5. The largest absolute Gasteiger partial charge is 0.462 e. The van der Waals surface area contributed by atoms with E-state index in [4.69, 9.17) is 18.9 Å². The van der Waals surface area contributed by atoms with E-state index in [1.165, 1.54) is 92.6 Å². The van der Waals surface area contributed by atoms with Crippen molar-refractivity contribution in [1.82, 2.24) is 44.9 Å². The Morgan fingerprint density at radius 1 is 0.509 bits per heavy atom. The quantitative estimate of drug-likeness (QED) is 0.0353. The van der Waals surface area contributed by atoms with Crippen LogP contribution in [-0.2, 0) is 81.3 Å². The zero-order chi connectivity index (χ0) is 86.8. The molecular weight excluding hydrogens is 1460 g/mol. The number of Topliss-reactive ketones (excluding diaryl/α,β-unsaturated/α-hetero) is 3. The summed E-state index contributed by atoms with van der Waals surface area (Å²) in [5, 5.41) is 5.63. The second-order valence-corrected chi connectivity index (χ2v) is 33.4. The Morgan fingerprint density at radius 3 is 1.48 bits per heavy atom. The summed E-state index contributed by atoms with van der Waals surface area (Å²) < 4.78 is 22.7. The number of methoxy groups -OCH3 is 1. The molecule has 2 aromatic rings. The Labute approximate surface area is 678 Å². The molecule has 0 unspecified atom stereocenters. The molecule has 638 valence electrons. The molecule has 1 aliphatic rings. The van der Waals surface area contributed by atoms with E-state index in [0.29, 0.717) is 6.42 Å². The van der Waals surface area contributed by atoms with E-state index in [0.717, 1.165) is 27.2 Å². The third kappa shape index (κ3) is 27.7. The molecule has 114 heavy (non-hydrogen) atoms. The number of benzene rings is 2. The van der Waals surface area contributed by atoms with Crippen molar-refractivity contribution in [1.29, 1.82) is 0 Å². The molecule has 0 radical (unpaired) electrons. The second-order valence-electron chi connectivity index (χ2n) is 33.4. The zero-order valence-corrected chi connectivity index (χ0v) is 73.3. The molecule has 2 N–H and O–H groups in total. The van der Waals surface area contributed by atoms with Gasteiger partial charge in [-0.05, 0) is 110 Å². The number of allylic oxidation sites excluding steroid dienone is 2. The van der Waals surface area contributed by atoms with Crippen LogP contribution >= 0.6 is 0 Å². The van der Waals surface area contributed by atoms with Gasteiger partial charge in [-0.1, -0.05) is 165 Å². The maximum atomic E-state index is 15.4. The van der Waals surface area contributed by atoms with E-state index in [1.807, 2.05) is 96.1 Å². The number of nitrogens with zero attached hydrogens (tertiary/aromatic N) is 7. The highest BCUT2D eigenvalue weighted by Crippen LogP contribution is 2.45. The molecule has 0 heterocycles. The van der Waals surface area contributed by atoms with Gasteiger partial charge in [-0.3, -0.25) is 57.5 Å². The summed E-state index contributed by atoms with van der Waals surface area (Å²) in [6, 6.07) is 6.22. The minimum Gasteiger partial charge on any atom is -0.462 e. The molecule has 0 spiro atoms. The zero-order valence-electron chi connectivity index (χ0n) is 73.3. The number of hydrogen-bond acceptors (Lipinski definition) is 18. The molecule has 0 aromatic heterocycles. The highest BCUT2D eigenvalue weighted by Gasteiger charge is 2.47. The predicted molar refractivity (Wildman–Crippen MR) is 437 cm³/mol. The molecule has 27 nitrogen and oxygen atoms in total. The number of hydrogen-bond donors (Lipinski definition) is 2.